The Balaban J connectivity index is 1.69. The molecule has 0 aliphatic rings. The van der Waals surface area contributed by atoms with Crippen molar-refractivity contribution in [2.45, 2.75) is 27.4 Å². The number of nitrogens with zero attached hydrogens (tertiary/aromatic N) is 1. The molecule has 0 atom stereocenters. The molecule has 4 heteroatoms. The van der Waals surface area contributed by atoms with E-state index in [1.807, 2.05) is 99.6 Å². The fourth-order valence-corrected chi connectivity index (χ4v) is 3.71. The van der Waals surface area contributed by atoms with Gasteiger partial charge in [-0.3, -0.25) is 4.79 Å². The summed E-state index contributed by atoms with van der Waals surface area (Å²) in [7, 11) is 0. The molecule has 0 aliphatic heterocycles. The lowest BCUT2D eigenvalue weighted by atomic mass is 10.0. The molecule has 1 amide bonds. The molecule has 0 saturated carbocycles. The Kier molecular flexibility index (Phi) is 6.75. The van der Waals surface area contributed by atoms with Crippen LogP contribution in [-0.4, -0.2) is 5.91 Å². The zero-order valence-electron chi connectivity index (χ0n) is 19.6. The van der Waals surface area contributed by atoms with Gasteiger partial charge >= 0.3 is 0 Å². The number of carbonyl (C=O) groups is 1. The van der Waals surface area contributed by atoms with Crippen molar-refractivity contribution in [1.29, 1.82) is 5.26 Å². The predicted molar refractivity (Wildman–Crippen MR) is 138 cm³/mol. The van der Waals surface area contributed by atoms with Gasteiger partial charge in [-0.25, -0.2) is 0 Å². The van der Waals surface area contributed by atoms with Gasteiger partial charge < -0.3 is 10.1 Å². The number of ether oxygens (including phenoxy) is 1. The van der Waals surface area contributed by atoms with E-state index in [0.717, 1.165) is 27.5 Å². The van der Waals surface area contributed by atoms with E-state index in [-0.39, 0.29) is 5.57 Å². The largest absolute Gasteiger partial charge is 0.488 e. The van der Waals surface area contributed by atoms with E-state index in [1.165, 1.54) is 5.56 Å². The van der Waals surface area contributed by atoms with E-state index in [0.29, 0.717) is 23.6 Å². The van der Waals surface area contributed by atoms with Crippen LogP contribution in [0.25, 0.3) is 16.8 Å². The number of carbonyl (C=O) groups excluding carboxylic acids is 1. The van der Waals surface area contributed by atoms with Gasteiger partial charge in [0, 0.05) is 11.3 Å². The third-order valence-electron chi connectivity index (χ3n) is 5.86. The number of fused-ring (bicyclic) bond motifs is 1. The Bertz CT molecular complexity index is 1430. The molecule has 0 bridgehead atoms. The molecule has 4 rings (SSSR count). The van der Waals surface area contributed by atoms with Crippen LogP contribution >= 0.6 is 0 Å². The molecule has 0 aliphatic carbocycles. The smallest absolute Gasteiger partial charge is 0.266 e. The molecule has 4 aromatic carbocycles. The van der Waals surface area contributed by atoms with Crippen LogP contribution in [0.3, 0.4) is 0 Å². The van der Waals surface area contributed by atoms with Crippen molar-refractivity contribution in [3.8, 4) is 11.8 Å². The molecule has 168 valence electrons. The average Bonchev–Trinajstić information content (AvgIpc) is 2.84. The topological polar surface area (TPSA) is 62.1 Å². The molecule has 0 spiro atoms. The number of hydrogen-bond acceptors (Lipinski definition) is 3. The molecule has 0 radical (unpaired) electrons. The second-order valence-corrected chi connectivity index (χ2v) is 8.40. The average molecular weight is 447 g/mol. The molecule has 34 heavy (non-hydrogen) atoms. The van der Waals surface area contributed by atoms with Crippen molar-refractivity contribution in [1.82, 2.24) is 0 Å². The van der Waals surface area contributed by atoms with Gasteiger partial charge in [-0.2, -0.15) is 5.26 Å². The third kappa shape index (κ3) is 5.16. The number of hydrogen-bond donors (Lipinski definition) is 1. The highest BCUT2D eigenvalue weighted by Gasteiger charge is 2.14. The first kappa shape index (κ1) is 22.8. The highest BCUT2D eigenvalue weighted by atomic mass is 16.5. The lowest BCUT2D eigenvalue weighted by Crippen LogP contribution is -2.13. The van der Waals surface area contributed by atoms with Gasteiger partial charge in [0.05, 0.1) is 0 Å². The van der Waals surface area contributed by atoms with Gasteiger partial charge in [0.15, 0.2) is 0 Å². The first-order valence-electron chi connectivity index (χ1n) is 11.1. The Morgan fingerprint density at radius 3 is 2.44 bits per heavy atom. The number of nitrogens with one attached hydrogen (secondary N) is 1. The SMILES string of the molecule is Cc1ccc(COc2ccc3ccccc3c2/C=C(\C#N)C(=O)Nc2ccc(C)c(C)c2)cc1. The maximum atomic E-state index is 13.0. The molecular weight excluding hydrogens is 420 g/mol. The molecule has 0 fully saturated rings. The Labute approximate surface area is 200 Å². The summed E-state index contributed by atoms with van der Waals surface area (Å²) in [5.41, 5.74) is 5.81. The zero-order chi connectivity index (χ0) is 24.1. The zero-order valence-corrected chi connectivity index (χ0v) is 19.6. The van der Waals surface area contributed by atoms with E-state index in [2.05, 4.69) is 11.4 Å². The monoisotopic (exact) mass is 446 g/mol. The van der Waals surface area contributed by atoms with Crippen LogP contribution in [0.15, 0.2) is 84.4 Å². The van der Waals surface area contributed by atoms with E-state index >= 15 is 0 Å². The minimum Gasteiger partial charge on any atom is -0.488 e. The summed E-state index contributed by atoms with van der Waals surface area (Å²) >= 11 is 0. The van der Waals surface area contributed by atoms with E-state index in [9.17, 15) is 10.1 Å². The van der Waals surface area contributed by atoms with Crippen LogP contribution in [-0.2, 0) is 11.4 Å². The fourth-order valence-electron chi connectivity index (χ4n) is 3.71. The first-order chi connectivity index (χ1) is 16.4. The fraction of sp³-hybridized carbons (Fsp3) is 0.133. The van der Waals surface area contributed by atoms with Crippen molar-refractivity contribution in [2.75, 3.05) is 5.32 Å². The molecule has 0 saturated heterocycles. The molecule has 4 aromatic rings. The first-order valence-corrected chi connectivity index (χ1v) is 11.1. The normalized spacial score (nSPS) is 11.2. The minimum absolute atomic E-state index is 0.00904. The standard InChI is InChI=1S/C30H26N2O2/c1-20-8-11-23(12-9-20)19-34-29-15-13-24-6-4-5-7-27(24)28(29)17-25(18-31)30(33)32-26-14-10-21(2)22(3)16-26/h4-17H,19H2,1-3H3,(H,32,33)/b25-17+. The van der Waals surface area contributed by atoms with Crippen LogP contribution in [0.2, 0.25) is 0 Å². The number of amides is 1. The van der Waals surface area contributed by atoms with Gasteiger partial charge in [-0.1, -0.05) is 66.2 Å². The lowest BCUT2D eigenvalue weighted by Gasteiger charge is -2.13. The second-order valence-electron chi connectivity index (χ2n) is 8.40. The second kappa shape index (κ2) is 10.1. The number of benzene rings is 4. The van der Waals surface area contributed by atoms with Crippen LogP contribution in [0.5, 0.6) is 5.75 Å². The molecule has 1 N–H and O–H groups in total. The summed E-state index contributed by atoms with van der Waals surface area (Å²) in [4.78, 5) is 13.0. The van der Waals surface area contributed by atoms with Crippen LogP contribution in [0.4, 0.5) is 5.69 Å². The minimum atomic E-state index is -0.455. The summed E-state index contributed by atoms with van der Waals surface area (Å²) < 4.78 is 6.16. The van der Waals surface area contributed by atoms with E-state index in [1.54, 1.807) is 6.08 Å². The Morgan fingerprint density at radius 2 is 1.71 bits per heavy atom. The molecule has 0 aromatic heterocycles. The molecule has 0 heterocycles. The Hall–Kier alpha value is -4.36. The number of nitriles is 1. The lowest BCUT2D eigenvalue weighted by molar-refractivity contribution is -0.112. The quantitative estimate of drug-likeness (QED) is 0.259. The van der Waals surface area contributed by atoms with Gasteiger partial charge in [0.1, 0.15) is 24.0 Å². The summed E-state index contributed by atoms with van der Waals surface area (Å²) in [5.74, 6) is 0.161. The number of rotatable bonds is 6. The van der Waals surface area contributed by atoms with Crippen LogP contribution in [0, 0.1) is 32.1 Å². The predicted octanol–water partition coefficient (Wildman–Crippen LogP) is 6.89. The molecular formula is C30H26N2O2. The van der Waals surface area contributed by atoms with Crippen molar-refractivity contribution in [2.24, 2.45) is 0 Å². The number of aryl methyl sites for hydroxylation is 3. The maximum Gasteiger partial charge on any atom is 0.266 e. The van der Waals surface area contributed by atoms with Crippen LogP contribution < -0.4 is 10.1 Å². The van der Waals surface area contributed by atoms with Crippen LogP contribution in [0.1, 0.15) is 27.8 Å². The van der Waals surface area contributed by atoms with Gasteiger partial charge in [-0.15, -0.1) is 0 Å². The summed E-state index contributed by atoms with van der Waals surface area (Å²) in [6, 6.07) is 27.6. The highest BCUT2D eigenvalue weighted by molar-refractivity contribution is 6.11. The van der Waals surface area contributed by atoms with Gasteiger partial charge in [-0.05, 0) is 72.5 Å². The number of anilines is 1. The van der Waals surface area contributed by atoms with Gasteiger partial charge in [0.2, 0.25) is 0 Å². The maximum absolute atomic E-state index is 13.0. The van der Waals surface area contributed by atoms with Crippen molar-refractivity contribution in [3.63, 3.8) is 0 Å². The van der Waals surface area contributed by atoms with E-state index in [4.69, 9.17) is 4.74 Å². The summed E-state index contributed by atoms with van der Waals surface area (Å²) in [6.07, 6.45) is 1.61. The van der Waals surface area contributed by atoms with Crippen molar-refractivity contribution in [3.05, 3.63) is 112 Å². The third-order valence-corrected chi connectivity index (χ3v) is 5.86. The molecule has 0 unspecified atom stereocenters. The highest BCUT2D eigenvalue weighted by Crippen LogP contribution is 2.31. The Morgan fingerprint density at radius 1 is 0.941 bits per heavy atom. The summed E-state index contributed by atoms with van der Waals surface area (Å²) in [6.45, 7) is 6.43. The molecule has 4 nitrogen and oxygen atoms in total. The van der Waals surface area contributed by atoms with Crippen molar-refractivity contribution < 1.29 is 9.53 Å². The summed E-state index contributed by atoms with van der Waals surface area (Å²) in [5, 5.41) is 14.6. The van der Waals surface area contributed by atoms with Gasteiger partial charge in [0.25, 0.3) is 5.91 Å². The van der Waals surface area contributed by atoms with Crippen molar-refractivity contribution >= 4 is 28.4 Å². The van der Waals surface area contributed by atoms with E-state index < -0.39 is 5.91 Å².